The fourth-order valence-electron chi connectivity index (χ4n) is 0.964. The Morgan fingerprint density at radius 1 is 1.36 bits per heavy atom. The van der Waals surface area contributed by atoms with Gasteiger partial charge in [0.15, 0.2) is 0 Å². The molecule has 0 atom stereocenters. The van der Waals surface area contributed by atoms with Crippen molar-refractivity contribution in [1.29, 1.82) is 0 Å². The molecule has 0 unspecified atom stereocenters. The van der Waals surface area contributed by atoms with E-state index in [1.54, 1.807) is 23.5 Å². The smallest absolute Gasteiger partial charge is 0.126 e. The molecular weight excluding hydrogens is 291 g/mol. The number of nitrogens with zero attached hydrogens (tertiary/aromatic N) is 3. The first-order valence-corrected chi connectivity index (χ1v) is 5.12. The van der Waals surface area contributed by atoms with Gasteiger partial charge >= 0.3 is 0 Å². The lowest BCUT2D eigenvalue weighted by molar-refractivity contribution is -0.678. The summed E-state index contributed by atoms with van der Waals surface area (Å²) in [6, 6.07) is 8.13. The van der Waals surface area contributed by atoms with Crippen molar-refractivity contribution in [2.45, 2.75) is 0 Å². The van der Waals surface area contributed by atoms with Gasteiger partial charge in [-0.05, 0) is 40.3 Å². The van der Waals surface area contributed by atoms with E-state index in [4.69, 9.17) is 0 Å². The van der Waals surface area contributed by atoms with Crippen molar-refractivity contribution < 1.29 is 4.68 Å². The summed E-state index contributed by atoms with van der Waals surface area (Å²) in [4.78, 5) is 0. The zero-order valence-corrected chi connectivity index (χ0v) is 9.42. The van der Waals surface area contributed by atoms with E-state index in [0.29, 0.717) is 0 Å². The molecule has 0 saturated carbocycles. The molecule has 0 bridgehead atoms. The molecule has 0 aliphatic rings. The molecule has 1 N–H and O–H groups in total. The van der Waals surface area contributed by atoms with Gasteiger partial charge in [0, 0.05) is 8.67 Å². The maximum absolute atomic E-state index is 4.16. The Labute approximate surface area is 94.8 Å². The average Bonchev–Trinajstić information content (AvgIpc) is 2.70. The van der Waals surface area contributed by atoms with Crippen LogP contribution < -0.4 is 4.68 Å². The molecule has 4 nitrogen and oxygen atoms in total. The maximum atomic E-state index is 4.16. The fraction of sp³-hybridized carbons (Fsp3) is 0. The first-order valence-electron chi connectivity index (χ1n) is 4.04. The van der Waals surface area contributed by atoms with Crippen LogP contribution in [0.25, 0.3) is 0 Å². The monoisotopic (exact) mass is 299 g/mol. The summed E-state index contributed by atoms with van der Waals surface area (Å²) < 4.78 is 2.83. The molecule has 0 saturated heterocycles. The van der Waals surface area contributed by atoms with Gasteiger partial charge < -0.3 is 0 Å². The normalized spacial score (nSPS) is 10.9. The standard InChI is InChI=1S/C9H7IN4/c10-9-3-1-8(2-4-9)5-13-14-6-11-12-7-14/h1-7H/p+1/b13-5+. The summed E-state index contributed by atoms with van der Waals surface area (Å²) in [6.07, 6.45) is 5.05. The minimum atomic E-state index is 1.07. The van der Waals surface area contributed by atoms with E-state index < -0.39 is 0 Å². The largest absolute Gasteiger partial charge is 0.288 e. The first kappa shape index (κ1) is 9.32. The minimum Gasteiger partial charge on any atom is -0.126 e. The molecule has 2 rings (SSSR count). The molecule has 0 aliphatic heterocycles. The van der Waals surface area contributed by atoms with E-state index >= 15 is 0 Å². The van der Waals surface area contributed by atoms with E-state index in [1.807, 2.05) is 24.3 Å². The van der Waals surface area contributed by atoms with Gasteiger partial charge in [0.2, 0.25) is 6.33 Å². The molecule has 1 aromatic carbocycles. The van der Waals surface area contributed by atoms with E-state index in [-0.39, 0.29) is 0 Å². The second-order valence-electron chi connectivity index (χ2n) is 2.68. The molecule has 0 fully saturated rings. The molecule has 5 heteroatoms. The first-order chi connectivity index (χ1) is 6.84. The van der Waals surface area contributed by atoms with Crippen LogP contribution >= 0.6 is 22.6 Å². The highest BCUT2D eigenvalue weighted by Gasteiger charge is 1.92. The Hall–Kier alpha value is -1.24. The number of rotatable bonds is 2. The number of aromatic amines is 1. The highest BCUT2D eigenvalue weighted by molar-refractivity contribution is 14.1. The van der Waals surface area contributed by atoms with Gasteiger partial charge in [0.05, 0.1) is 6.21 Å². The van der Waals surface area contributed by atoms with Gasteiger partial charge in [-0.15, -0.1) is 14.9 Å². The third-order valence-electron chi connectivity index (χ3n) is 1.65. The minimum absolute atomic E-state index is 1.07. The molecule has 1 heterocycles. The van der Waals surface area contributed by atoms with Gasteiger partial charge in [0.1, 0.15) is 0 Å². The maximum Gasteiger partial charge on any atom is 0.288 e. The van der Waals surface area contributed by atoms with Crippen LogP contribution in [0.15, 0.2) is 42.0 Å². The van der Waals surface area contributed by atoms with Crippen LogP contribution in [0, 0.1) is 3.57 Å². The number of benzene rings is 1. The summed E-state index contributed by atoms with van der Waals surface area (Å²) in [5, 5.41) is 10.6. The van der Waals surface area contributed by atoms with Crippen molar-refractivity contribution in [3.63, 3.8) is 0 Å². The molecule has 0 aliphatic carbocycles. The van der Waals surface area contributed by atoms with Crippen molar-refractivity contribution in [2.75, 3.05) is 0 Å². The van der Waals surface area contributed by atoms with E-state index in [2.05, 4.69) is 37.9 Å². The predicted octanol–water partition coefficient (Wildman–Crippen LogP) is 1.18. The molecular formula is C9H8IN4+. The molecule has 14 heavy (non-hydrogen) atoms. The summed E-state index contributed by atoms with van der Waals surface area (Å²) in [5.74, 6) is 0. The molecule has 0 radical (unpaired) electrons. The highest BCUT2D eigenvalue weighted by Crippen LogP contribution is 2.04. The Bertz CT molecular complexity index is 419. The number of nitrogens with one attached hydrogen (secondary N) is 1. The summed E-state index contributed by atoms with van der Waals surface area (Å²) in [7, 11) is 0. The van der Waals surface area contributed by atoms with Gasteiger partial charge in [-0.25, -0.2) is 0 Å². The second-order valence-corrected chi connectivity index (χ2v) is 3.92. The zero-order valence-electron chi connectivity index (χ0n) is 7.26. The Morgan fingerprint density at radius 3 is 2.79 bits per heavy atom. The SMILES string of the molecule is Ic1ccc(/C=N/[n+]2cn[nH]c2)cc1. The van der Waals surface area contributed by atoms with Gasteiger partial charge in [-0.3, -0.25) is 0 Å². The summed E-state index contributed by atoms with van der Waals surface area (Å²) >= 11 is 2.27. The average molecular weight is 299 g/mol. The molecule has 0 amide bonds. The molecule has 1 aromatic heterocycles. The van der Waals surface area contributed by atoms with Crippen LogP contribution in [-0.2, 0) is 0 Å². The van der Waals surface area contributed by atoms with Crippen LogP contribution in [0.2, 0.25) is 0 Å². The fourth-order valence-corrected chi connectivity index (χ4v) is 1.32. The van der Waals surface area contributed by atoms with Crippen molar-refractivity contribution in [3.8, 4) is 0 Å². The number of H-pyrrole nitrogens is 1. The molecule has 2 aromatic rings. The van der Waals surface area contributed by atoms with Crippen LogP contribution in [0.5, 0.6) is 0 Å². The van der Waals surface area contributed by atoms with Crippen molar-refractivity contribution >= 4 is 28.8 Å². The number of hydrogen-bond acceptors (Lipinski definition) is 2. The predicted molar refractivity (Wildman–Crippen MR) is 60.9 cm³/mol. The van der Waals surface area contributed by atoms with E-state index in [9.17, 15) is 0 Å². The van der Waals surface area contributed by atoms with Crippen LogP contribution in [0.3, 0.4) is 0 Å². The van der Waals surface area contributed by atoms with Crippen LogP contribution in [0.1, 0.15) is 5.56 Å². The Kier molecular flexibility index (Phi) is 2.87. The third-order valence-corrected chi connectivity index (χ3v) is 2.37. The van der Waals surface area contributed by atoms with Crippen molar-refractivity contribution in [3.05, 3.63) is 46.1 Å². The van der Waals surface area contributed by atoms with Gasteiger partial charge in [0.25, 0.3) is 6.33 Å². The lowest BCUT2D eigenvalue weighted by Crippen LogP contribution is -2.23. The summed E-state index contributed by atoms with van der Waals surface area (Å²) in [6.45, 7) is 0. The second kappa shape index (κ2) is 4.32. The number of halogens is 1. The van der Waals surface area contributed by atoms with Gasteiger partial charge in [-0.2, -0.15) is 0 Å². The Morgan fingerprint density at radius 2 is 2.14 bits per heavy atom. The zero-order chi connectivity index (χ0) is 9.80. The van der Waals surface area contributed by atoms with E-state index in [1.165, 1.54) is 3.57 Å². The van der Waals surface area contributed by atoms with Crippen molar-refractivity contribution in [2.24, 2.45) is 5.10 Å². The van der Waals surface area contributed by atoms with Gasteiger partial charge in [-0.1, -0.05) is 12.1 Å². The Balaban J connectivity index is 2.15. The van der Waals surface area contributed by atoms with E-state index in [0.717, 1.165) is 5.56 Å². The van der Waals surface area contributed by atoms with Crippen LogP contribution in [0.4, 0.5) is 0 Å². The topological polar surface area (TPSA) is 44.9 Å². The lowest BCUT2D eigenvalue weighted by Gasteiger charge is -1.91. The highest BCUT2D eigenvalue weighted by atomic mass is 127. The summed E-state index contributed by atoms with van der Waals surface area (Å²) in [5.41, 5.74) is 1.07. The molecule has 70 valence electrons. The van der Waals surface area contributed by atoms with Crippen molar-refractivity contribution in [1.82, 2.24) is 10.2 Å². The molecule has 0 spiro atoms. The van der Waals surface area contributed by atoms with Crippen LogP contribution in [-0.4, -0.2) is 16.4 Å². The number of aromatic nitrogens is 3. The quantitative estimate of drug-likeness (QED) is 0.505. The lowest BCUT2D eigenvalue weighted by atomic mass is 10.2. The number of hydrogen-bond donors (Lipinski definition) is 1. The third kappa shape index (κ3) is 2.38.